The fourth-order valence-electron chi connectivity index (χ4n) is 2.23. The van der Waals surface area contributed by atoms with Gasteiger partial charge in [0.2, 0.25) is 0 Å². The molecule has 0 radical (unpaired) electrons. The van der Waals surface area contributed by atoms with Crippen molar-refractivity contribution in [3.8, 4) is 0 Å². The Morgan fingerprint density at radius 2 is 1.95 bits per heavy atom. The summed E-state index contributed by atoms with van der Waals surface area (Å²) in [5.41, 5.74) is -0.482. The third kappa shape index (κ3) is 3.03. The Morgan fingerprint density at radius 1 is 1.32 bits per heavy atom. The summed E-state index contributed by atoms with van der Waals surface area (Å²) < 4.78 is 37.3. The maximum Gasteiger partial charge on any atom is 0.416 e. The van der Waals surface area contributed by atoms with E-state index >= 15 is 0 Å². The summed E-state index contributed by atoms with van der Waals surface area (Å²) in [4.78, 5) is 13.8. The smallest absolute Gasteiger partial charge is 0.334 e. The highest BCUT2D eigenvalue weighted by Gasteiger charge is 2.32. The molecular weight excluding hydrogens is 279 g/mol. The monoisotopic (exact) mass is 291 g/mol. The van der Waals surface area contributed by atoms with E-state index in [-0.39, 0.29) is 17.5 Å². The van der Waals surface area contributed by atoms with Crippen molar-refractivity contribution in [2.45, 2.75) is 25.1 Å². The summed E-state index contributed by atoms with van der Waals surface area (Å²) in [5.74, 6) is 0.101. The maximum absolute atomic E-state index is 12.4. The number of alkyl halides is 4. The average Bonchev–Trinajstić information content (AvgIpc) is 2.85. The Kier molecular flexibility index (Phi) is 4.04. The Balaban J connectivity index is 2.16. The summed E-state index contributed by atoms with van der Waals surface area (Å²) in [5, 5.41) is 0. The van der Waals surface area contributed by atoms with Gasteiger partial charge in [0.15, 0.2) is 0 Å². The molecule has 1 aromatic rings. The zero-order valence-electron chi connectivity index (χ0n) is 10.1. The third-order valence-corrected chi connectivity index (χ3v) is 3.63. The summed E-state index contributed by atoms with van der Waals surface area (Å²) >= 11 is 5.78. The molecular formula is C13H13ClF3NO. The van der Waals surface area contributed by atoms with Crippen LogP contribution in [-0.2, 0) is 6.18 Å². The minimum Gasteiger partial charge on any atom is -0.334 e. The minimum absolute atomic E-state index is 0.0172. The lowest BCUT2D eigenvalue weighted by molar-refractivity contribution is -0.137. The van der Waals surface area contributed by atoms with E-state index in [9.17, 15) is 18.0 Å². The molecule has 0 aromatic heterocycles. The summed E-state index contributed by atoms with van der Waals surface area (Å²) in [6.07, 6.45) is -2.66. The lowest BCUT2D eigenvalue weighted by Crippen LogP contribution is -2.36. The number of hydrogen-bond acceptors (Lipinski definition) is 1. The van der Waals surface area contributed by atoms with Gasteiger partial charge in [-0.3, -0.25) is 4.79 Å². The number of benzene rings is 1. The van der Waals surface area contributed by atoms with Crippen LogP contribution in [0.5, 0.6) is 0 Å². The number of likely N-dealkylation sites (tertiary alicyclic amines) is 1. The first-order valence-corrected chi connectivity index (χ1v) is 6.51. The third-order valence-electron chi connectivity index (χ3n) is 3.28. The number of hydrogen-bond donors (Lipinski definition) is 0. The zero-order valence-corrected chi connectivity index (χ0v) is 10.8. The van der Waals surface area contributed by atoms with Gasteiger partial charge in [0.05, 0.1) is 5.56 Å². The highest BCUT2D eigenvalue weighted by Crippen LogP contribution is 2.29. The van der Waals surface area contributed by atoms with E-state index in [1.54, 1.807) is 4.90 Å². The molecule has 1 amide bonds. The second-order valence-electron chi connectivity index (χ2n) is 4.52. The number of carbonyl (C=O) groups is 1. The van der Waals surface area contributed by atoms with Crippen LogP contribution in [0.3, 0.4) is 0 Å². The quantitative estimate of drug-likeness (QED) is 0.763. The first-order valence-electron chi connectivity index (χ1n) is 5.97. The molecule has 1 saturated heterocycles. The van der Waals surface area contributed by atoms with Crippen LogP contribution in [0.15, 0.2) is 24.3 Å². The van der Waals surface area contributed by atoms with Crippen molar-refractivity contribution in [3.05, 3.63) is 35.4 Å². The zero-order chi connectivity index (χ0) is 14.0. The molecule has 2 rings (SSSR count). The van der Waals surface area contributed by atoms with Gasteiger partial charge in [-0.25, -0.2) is 0 Å². The molecule has 0 unspecified atom stereocenters. The van der Waals surface area contributed by atoms with Crippen molar-refractivity contribution in [1.82, 2.24) is 4.90 Å². The van der Waals surface area contributed by atoms with Crippen molar-refractivity contribution >= 4 is 17.5 Å². The van der Waals surface area contributed by atoms with Crippen LogP contribution in [0.25, 0.3) is 0 Å². The van der Waals surface area contributed by atoms with Crippen LogP contribution in [0.1, 0.15) is 28.8 Å². The summed E-state index contributed by atoms with van der Waals surface area (Å²) in [7, 11) is 0. The van der Waals surface area contributed by atoms with Crippen LogP contribution < -0.4 is 0 Å². The molecule has 0 saturated carbocycles. The van der Waals surface area contributed by atoms with Gasteiger partial charge in [-0.15, -0.1) is 11.6 Å². The molecule has 1 fully saturated rings. The SMILES string of the molecule is O=C(c1ccc(C(F)(F)F)cc1)N1CCC[C@H]1CCl. The molecule has 1 heterocycles. The minimum atomic E-state index is -4.38. The van der Waals surface area contributed by atoms with Crippen molar-refractivity contribution in [2.75, 3.05) is 12.4 Å². The normalized spacial score (nSPS) is 19.8. The molecule has 6 heteroatoms. The molecule has 2 nitrogen and oxygen atoms in total. The largest absolute Gasteiger partial charge is 0.416 e. The van der Waals surface area contributed by atoms with E-state index in [1.165, 1.54) is 12.1 Å². The standard InChI is InChI=1S/C13H13ClF3NO/c14-8-11-2-1-7-18(11)12(19)9-3-5-10(6-4-9)13(15,16)17/h3-6,11H,1-2,7-8H2/t11-/m0/s1. The predicted molar refractivity (Wildman–Crippen MR) is 66.2 cm³/mol. The molecule has 1 aromatic carbocycles. The van der Waals surface area contributed by atoms with E-state index in [0.29, 0.717) is 12.4 Å². The number of nitrogens with zero attached hydrogens (tertiary/aromatic N) is 1. The number of amides is 1. The number of rotatable bonds is 2. The second kappa shape index (κ2) is 5.41. The van der Waals surface area contributed by atoms with Gasteiger partial charge in [-0.2, -0.15) is 13.2 Å². The van der Waals surface area contributed by atoms with Crippen LogP contribution >= 0.6 is 11.6 Å². The van der Waals surface area contributed by atoms with Gasteiger partial charge in [0, 0.05) is 24.0 Å². The lowest BCUT2D eigenvalue weighted by Gasteiger charge is -2.23. The van der Waals surface area contributed by atoms with Gasteiger partial charge in [-0.1, -0.05) is 0 Å². The van der Waals surface area contributed by atoms with E-state index in [1.807, 2.05) is 0 Å². The fourth-order valence-corrected chi connectivity index (χ4v) is 2.55. The first-order chi connectivity index (χ1) is 8.93. The van der Waals surface area contributed by atoms with Gasteiger partial charge in [0.1, 0.15) is 0 Å². The lowest BCUT2D eigenvalue weighted by atomic mass is 10.1. The van der Waals surface area contributed by atoms with Crippen molar-refractivity contribution in [3.63, 3.8) is 0 Å². The van der Waals surface area contributed by atoms with Crippen molar-refractivity contribution in [1.29, 1.82) is 0 Å². The summed E-state index contributed by atoms with van der Waals surface area (Å²) in [6, 6.07) is 4.28. The molecule has 1 atom stereocenters. The maximum atomic E-state index is 12.4. The Labute approximate surface area is 114 Å². The number of halogens is 4. The molecule has 0 spiro atoms. The topological polar surface area (TPSA) is 20.3 Å². The highest BCUT2D eigenvalue weighted by atomic mass is 35.5. The molecule has 0 bridgehead atoms. The average molecular weight is 292 g/mol. The molecule has 1 aliphatic heterocycles. The van der Waals surface area contributed by atoms with Crippen molar-refractivity contribution < 1.29 is 18.0 Å². The molecule has 1 aliphatic rings. The van der Waals surface area contributed by atoms with Crippen LogP contribution in [0.4, 0.5) is 13.2 Å². The van der Waals surface area contributed by atoms with Crippen molar-refractivity contribution in [2.24, 2.45) is 0 Å². The molecule has 104 valence electrons. The van der Waals surface area contributed by atoms with Crippen LogP contribution in [0.2, 0.25) is 0 Å². The summed E-state index contributed by atoms with van der Waals surface area (Å²) in [6.45, 7) is 0.608. The van der Waals surface area contributed by atoms with E-state index in [0.717, 1.165) is 25.0 Å². The Morgan fingerprint density at radius 3 is 2.47 bits per heavy atom. The number of carbonyl (C=O) groups excluding carboxylic acids is 1. The molecule has 0 N–H and O–H groups in total. The van der Waals surface area contributed by atoms with Crippen LogP contribution in [-0.4, -0.2) is 29.3 Å². The van der Waals surface area contributed by atoms with Gasteiger partial charge in [-0.05, 0) is 37.1 Å². The molecule has 0 aliphatic carbocycles. The Bertz CT molecular complexity index is 458. The van der Waals surface area contributed by atoms with E-state index in [4.69, 9.17) is 11.6 Å². The fraction of sp³-hybridized carbons (Fsp3) is 0.462. The van der Waals surface area contributed by atoms with Crippen LogP contribution in [0, 0.1) is 0 Å². The first kappa shape index (κ1) is 14.2. The van der Waals surface area contributed by atoms with Gasteiger partial charge >= 0.3 is 6.18 Å². The predicted octanol–water partition coefficient (Wildman–Crippen LogP) is 3.55. The second-order valence-corrected chi connectivity index (χ2v) is 4.83. The van der Waals surface area contributed by atoms with Gasteiger partial charge in [0.25, 0.3) is 5.91 Å². The van der Waals surface area contributed by atoms with Gasteiger partial charge < -0.3 is 4.90 Å². The van der Waals surface area contributed by atoms with E-state index in [2.05, 4.69) is 0 Å². The van der Waals surface area contributed by atoms with E-state index < -0.39 is 11.7 Å². The highest BCUT2D eigenvalue weighted by molar-refractivity contribution is 6.18. The Hall–Kier alpha value is -1.23. The molecule has 19 heavy (non-hydrogen) atoms.